The first-order chi connectivity index (χ1) is 13.6. The van der Waals surface area contributed by atoms with Crippen molar-refractivity contribution in [2.24, 2.45) is 0 Å². The van der Waals surface area contributed by atoms with Gasteiger partial charge in [0.15, 0.2) is 6.61 Å². The number of aryl methyl sites for hydroxylation is 1. The summed E-state index contributed by atoms with van der Waals surface area (Å²) in [6.07, 6.45) is 0.763. The zero-order chi connectivity index (χ0) is 19.8. The maximum Gasteiger partial charge on any atom is 0.338 e. The average molecular weight is 417 g/mol. The Morgan fingerprint density at radius 2 is 1.96 bits per heavy atom. The highest BCUT2D eigenvalue weighted by molar-refractivity contribution is 7.10. The van der Waals surface area contributed by atoms with Gasteiger partial charge in [-0.1, -0.05) is 6.07 Å². The van der Waals surface area contributed by atoms with Gasteiger partial charge in [-0.05, 0) is 49.1 Å². The molecular weight excluding hydrogens is 396 g/mol. The monoisotopic (exact) mass is 416 g/mol. The van der Waals surface area contributed by atoms with Crippen LogP contribution in [0.2, 0.25) is 0 Å². The van der Waals surface area contributed by atoms with Gasteiger partial charge in [0, 0.05) is 16.8 Å². The molecule has 1 N–H and O–H groups in total. The smallest absolute Gasteiger partial charge is 0.338 e. The SMILES string of the molecule is Cc1nc(COc2ccc(C(=O)OCC(=O)NCCc3cccs3)cc2)cs1. The lowest BCUT2D eigenvalue weighted by Gasteiger charge is -2.07. The molecule has 2 aromatic heterocycles. The third kappa shape index (κ3) is 6.17. The van der Waals surface area contributed by atoms with Crippen molar-refractivity contribution in [3.05, 3.63) is 68.3 Å². The predicted molar refractivity (Wildman–Crippen MR) is 109 cm³/mol. The lowest BCUT2D eigenvalue weighted by atomic mass is 10.2. The first-order valence-electron chi connectivity index (χ1n) is 8.70. The van der Waals surface area contributed by atoms with Gasteiger partial charge in [-0.2, -0.15) is 0 Å². The summed E-state index contributed by atoms with van der Waals surface area (Å²) in [6.45, 7) is 2.53. The van der Waals surface area contributed by atoms with Crippen molar-refractivity contribution in [1.82, 2.24) is 10.3 Å². The molecule has 28 heavy (non-hydrogen) atoms. The van der Waals surface area contributed by atoms with Crippen LogP contribution in [0.25, 0.3) is 0 Å². The summed E-state index contributed by atoms with van der Waals surface area (Å²) in [5, 5.41) is 7.68. The number of nitrogens with one attached hydrogen (secondary N) is 1. The summed E-state index contributed by atoms with van der Waals surface area (Å²) >= 11 is 3.22. The van der Waals surface area contributed by atoms with Crippen LogP contribution in [-0.2, 0) is 22.6 Å². The molecule has 0 atom stereocenters. The van der Waals surface area contributed by atoms with E-state index < -0.39 is 5.97 Å². The third-order valence-corrected chi connectivity index (χ3v) is 5.51. The van der Waals surface area contributed by atoms with E-state index in [1.807, 2.05) is 29.8 Å². The highest BCUT2D eigenvalue weighted by Crippen LogP contribution is 2.16. The maximum absolute atomic E-state index is 12.1. The van der Waals surface area contributed by atoms with E-state index >= 15 is 0 Å². The number of esters is 1. The second-order valence-electron chi connectivity index (χ2n) is 5.93. The molecule has 6 nitrogen and oxygen atoms in total. The van der Waals surface area contributed by atoms with Gasteiger partial charge in [0.1, 0.15) is 12.4 Å². The molecule has 0 spiro atoms. The zero-order valence-corrected chi connectivity index (χ0v) is 17.0. The van der Waals surface area contributed by atoms with Gasteiger partial charge in [0.25, 0.3) is 5.91 Å². The Hall–Kier alpha value is -2.71. The minimum atomic E-state index is -0.546. The molecule has 0 aliphatic heterocycles. The highest BCUT2D eigenvalue weighted by atomic mass is 32.1. The van der Waals surface area contributed by atoms with Gasteiger partial charge >= 0.3 is 5.97 Å². The van der Waals surface area contributed by atoms with E-state index in [9.17, 15) is 9.59 Å². The summed E-state index contributed by atoms with van der Waals surface area (Å²) in [4.78, 5) is 29.4. The Balaban J connectivity index is 1.38. The lowest BCUT2D eigenvalue weighted by molar-refractivity contribution is -0.124. The summed E-state index contributed by atoms with van der Waals surface area (Å²) in [7, 11) is 0. The van der Waals surface area contributed by atoms with Crippen LogP contribution in [0.15, 0.2) is 47.2 Å². The number of carbonyl (C=O) groups is 2. The number of aromatic nitrogens is 1. The number of hydrogen-bond donors (Lipinski definition) is 1. The van der Waals surface area contributed by atoms with E-state index in [-0.39, 0.29) is 12.5 Å². The summed E-state index contributed by atoms with van der Waals surface area (Å²) in [5.74, 6) is -0.230. The van der Waals surface area contributed by atoms with Gasteiger partial charge in [-0.25, -0.2) is 9.78 Å². The van der Waals surface area contributed by atoms with Crippen molar-refractivity contribution in [2.75, 3.05) is 13.2 Å². The predicted octanol–water partition coefficient (Wildman–Crippen LogP) is 3.61. The molecule has 1 amide bonds. The number of hydrogen-bond acceptors (Lipinski definition) is 7. The summed E-state index contributed by atoms with van der Waals surface area (Å²) in [5.41, 5.74) is 1.24. The second-order valence-corrected chi connectivity index (χ2v) is 8.02. The van der Waals surface area contributed by atoms with Crippen LogP contribution >= 0.6 is 22.7 Å². The number of ether oxygens (including phenoxy) is 2. The Labute approximate surface area is 171 Å². The van der Waals surface area contributed by atoms with Gasteiger partial charge in [0.05, 0.1) is 16.3 Å². The molecule has 0 unspecified atom stereocenters. The topological polar surface area (TPSA) is 77.5 Å². The minimum absolute atomic E-state index is 0.301. The van der Waals surface area contributed by atoms with Crippen LogP contribution in [-0.4, -0.2) is 30.0 Å². The fraction of sp³-hybridized carbons (Fsp3) is 0.250. The van der Waals surface area contributed by atoms with Gasteiger partial charge in [0.2, 0.25) is 0 Å². The molecule has 0 radical (unpaired) electrons. The molecule has 0 aliphatic carbocycles. The van der Waals surface area contributed by atoms with Crippen LogP contribution in [0.3, 0.4) is 0 Å². The van der Waals surface area contributed by atoms with Crippen LogP contribution < -0.4 is 10.1 Å². The van der Waals surface area contributed by atoms with E-state index in [4.69, 9.17) is 9.47 Å². The zero-order valence-electron chi connectivity index (χ0n) is 15.3. The van der Waals surface area contributed by atoms with Crippen molar-refractivity contribution in [1.29, 1.82) is 0 Å². The molecule has 0 fully saturated rings. The molecule has 0 saturated carbocycles. The molecule has 2 heterocycles. The van der Waals surface area contributed by atoms with E-state index in [1.54, 1.807) is 46.9 Å². The fourth-order valence-corrected chi connectivity index (χ4v) is 3.67. The summed E-state index contributed by atoms with van der Waals surface area (Å²) in [6, 6.07) is 10.6. The van der Waals surface area contributed by atoms with Gasteiger partial charge in [-0.15, -0.1) is 22.7 Å². The number of carbonyl (C=O) groups excluding carboxylic acids is 2. The number of benzene rings is 1. The van der Waals surface area contributed by atoms with E-state index in [1.165, 1.54) is 4.88 Å². The van der Waals surface area contributed by atoms with Crippen molar-refractivity contribution in [2.45, 2.75) is 20.0 Å². The van der Waals surface area contributed by atoms with Gasteiger partial charge in [-0.3, -0.25) is 4.79 Å². The first kappa shape index (κ1) is 20.0. The van der Waals surface area contributed by atoms with E-state index in [2.05, 4.69) is 10.3 Å². The summed E-state index contributed by atoms with van der Waals surface area (Å²) < 4.78 is 10.7. The lowest BCUT2D eigenvalue weighted by Crippen LogP contribution is -2.30. The molecule has 3 rings (SSSR count). The van der Waals surface area contributed by atoms with Crippen molar-refractivity contribution in [3.63, 3.8) is 0 Å². The maximum atomic E-state index is 12.1. The number of thiazole rings is 1. The Morgan fingerprint density at radius 1 is 1.14 bits per heavy atom. The Bertz CT molecular complexity index is 905. The van der Waals surface area contributed by atoms with Crippen LogP contribution in [0.1, 0.15) is 25.9 Å². The Kier molecular flexibility index (Phi) is 7.16. The van der Waals surface area contributed by atoms with Crippen LogP contribution in [0, 0.1) is 6.92 Å². The first-order valence-corrected chi connectivity index (χ1v) is 10.5. The van der Waals surface area contributed by atoms with Crippen LogP contribution in [0.4, 0.5) is 0 Å². The Morgan fingerprint density at radius 3 is 2.64 bits per heavy atom. The molecule has 1 aromatic carbocycles. The largest absolute Gasteiger partial charge is 0.487 e. The van der Waals surface area contributed by atoms with E-state index in [0.29, 0.717) is 24.5 Å². The van der Waals surface area contributed by atoms with Crippen molar-refractivity contribution >= 4 is 34.6 Å². The van der Waals surface area contributed by atoms with Gasteiger partial charge < -0.3 is 14.8 Å². The second kappa shape index (κ2) is 10.0. The number of amides is 1. The van der Waals surface area contributed by atoms with Crippen LogP contribution in [0.5, 0.6) is 5.75 Å². The normalized spacial score (nSPS) is 10.5. The third-order valence-electron chi connectivity index (χ3n) is 3.75. The molecule has 146 valence electrons. The standard InChI is InChI=1S/C20H20N2O4S2/c1-14-22-16(13-28-14)11-25-17-6-4-15(5-7-17)20(24)26-12-19(23)21-9-8-18-3-2-10-27-18/h2-7,10,13H,8-9,11-12H2,1H3,(H,21,23). The number of nitrogens with zero attached hydrogens (tertiary/aromatic N) is 1. The molecule has 0 saturated heterocycles. The molecule has 3 aromatic rings. The van der Waals surface area contributed by atoms with Crippen molar-refractivity contribution in [3.8, 4) is 5.75 Å². The van der Waals surface area contributed by atoms with Crippen molar-refractivity contribution < 1.29 is 19.1 Å². The van der Waals surface area contributed by atoms with E-state index in [0.717, 1.165) is 17.1 Å². The minimum Gasteiger partial charge on any atom is -0.487 e. The highest BCUT2D eigenvalue weighted by Gasteiger charge is 2.10. The molecule has 8 heteroatoms. The number of thiophene rings is 1. The molecular formula is C20H20N2O4S2. The molecule has 0 bridgehead atoms. The quantitative estimate of drug-likeness (QED) is 0.539. The number of rotatable bonds is 9. The average Bonchev–Trinajstić information content (AvgIpc) is 3.36. The molecule has 0 aliphatic rings. The fourth-order valence-electron chi connectivity index (χ4n) is 2.36.